The van der Waals surface area contributed by atoms with Gasteiger partial charge < -0.3 is 4.74 Å². The molecule has 0 bridgehead atoms. The standard InChI is InChI=1S/C14H14N2O3S/c1-9-8-16(10-6-4-5-7-11(10)20-3)15-12(13(9)17)14(18)19-2/h4-8H,1-3H3. The van der Waals surface area contributed by atoms with Crippen LogP contribution in [-0.2, 0) is 4.74 Å². The van der Waals surface area contributed by atoms with Crippen molar-refractivity contribution in [2.24, 2.45) is 0 Å². The average Bonchev–Trinajstić information content (AvgIpc) is 2.49. The minimum absolute atomic E-state index is 0.205. The molecule has 104 valence electrons. The topological polar surface area (TPSA) is 61.2 Å². The second-order valence-corrected chi connectivity index (χ2v) is 4.95. The summed E-state index contributed by atoms with van der Waals surface area (Å²) in [7, 11) is 1.23. The molecule has 2 aromatic rings. The first-order valence-electron chi connectivity index (χ1n) is 5.90. The van der Waals surface area contributed by atoms with Crippen molar-refractivity contribution in [1.82, 2.24) is 9.78 Å². The molecule has 1 aromatic carbocycles. The molecule has 0 amide bonds. The Bertz CT molecular complexity index is 710. The predicted octanol–water partition coefficient (Wildman–Crippen LogP) is 2.05. The Hall–Kier alpha value is -2.08. The number of carbonyl (C=O) groups is 1. The molecule has 0 unspecified atom stereocenters. The van der Waals surface area contributed by atoms with Crippen LogP contribution in [0.1, 0.15) is 16.1 Å². The zero-order chi connectivity index (χ0) is 14.7. The maximum atomic E-state index is 11.9. The zero-order valence-electron chi connectivity index (χ0n) is 11.4. The third-order valence-electron chi connectivity index (χ3n) is 2.81. The van der Waals surface area contributed by atoms with Crippen LogP contribution >= 0.6 is 11.8 Å². The Kier molecular flexibility index (Phi) is 4.24. The first-order valence-corrected chi connectivity index (χ1v) is 7.13. The van der Waals surface area contributed by atoms with E-state index in [0.29, 0.717) is 5.56 Å². The fourth-order valence-corrected chi connectivity index (χ4v) is 2.37. The van der Waals surface area contributed by atoms with Crippen molar-refractivity contribution in [1.29, 1.82) is 0 Å². The fraction of sp³-hybridized carbons (Fsp3) is 0.214. The molecule has 0 saturated heterocycles. The van der Waals surface area contributed by atoms with Gasteiger partial charge in [0, 0.05) is 16.7 Å². The van der Waals surface area contributed by atoms with Gasteiger partial charge in [0.2, 0.25) is 11.1 Å². The zero-order valence-corrected chi connectivity index (χ0v) is 12.2. The average molecular weight is 290 g/mol. The normalized spacial score (nSPS) is 10.3. The highest BCUT2D eigenvalue weighted by molar-refractivity contribution is 7.98. The molecule has 0 spiro atoms. The van der Waals surface area contributed by atoms with Gasteiger partial charge in [-0.1, -0.05) is 12.1 Å². The fourth-order valence-electron chi connectivity index (χ4n) is 1.78. The highest BCUT2D eigenvalue weighted by atomic mass is 32.2. The van der Waals surface area contributed by atoms with E-state index in [4.69, 9.17) is 0 Å². The Balaban J connectivity index is 2.67. The Morgan fingerprint density at radius 3 is 2.70 bits per heavy atom. The summed E-state index contributed by atoms with van der Waals surface area (Å²) in [6.07, 6.45) is 3.57. The molecule has 0 saturated carbocycles. The number of benzene rings is 1. The van der Waals surface area contributed by atoms with E-state index in [1.165, 1.54) is 11.8 Å². The van der Waals surface area contributed by atoms with Crippen LogP contribution < -0.4 is 5.43 Å². The lowest BCUT2D eigenvalue weighted by Crippen LogP contribution is -2.24. The molecule has 0 radical (unpaired) electrons. The molecule has 0 fully saturated rings. The van der Waals surface area contributed by atoms with Gasteiger partial charge in [0.1, 0.15) is 0 Å². The monoisotopic (exact) mass is 290 g/mol. The molecule has 6 heteroatoms. The molecular formula is C14H14N2O3S. The molecule has 0 atom stereocenters. The second kappa shape index (κ2) is 5.92. The number of thioether (sulfide) groups is 1. The van der Waals surface area contributed by atoms with E-state index in [1.54, 1.807) is 24.9 Å². The van der Waals surface area contributed by atoms with Gasteiger partial charge in [-0.2, -0.15) is 5.10 Å². The van der Waals surface area contributed by atoms with Crippen LogP contribution in [0.2, 0.25) is 0 Å². The van der Waals surface area contributed by atoms with Gasteiger partial charge in [-0.25, -0.2) is 9.48 Å². The van der Waals surface area contributed by atoms with Crippen molar-refractivity contribution in [2.45, 2.75) is 11.8 Å². The number of hydrogen-bond donors (Lipinski definition) is 0. The van der Waals surface area contributed by atoms with E-state index >= 15 is 0 Å². The SMILES string of the molecule is COC(=O)c1nn(-c2ccccc2SC)cc(C)c1=O. The molecule has 0 aliphatic heterocycles. The molecule has 0 aliphatic rings. The quantitative estimate of drug-likeness (QED) is 0.639. The summed E-state index contributed by atoms with van der Waals surface area (Å²) < 4.78 is 6.14. The smallest absolute Gasteiger partial charge is 0.362 e. The summed E-state index contributed by atoms with van der Waals surface area (Å²) in [4.78, 5) is 24.5. The maximum Gasteiger partial charge on any atom is 0.362 e. The van der Waals surface area contributed by atoms with Crippen molar-refractivity contribution < 1.29 is 9.53 Å². The van der Waals surface area contributed by atoms with Crippen LogP contribution in [0, 0.1) is 6.92 Å². The van der Waals surface area contributed by atoms with Crippen molar-refractivity contribution in [3.63, 3.8) is 0 Å². The number of para-hydroxylation sites is 1. The lowest BCUT2D eigenvalue weighted by Gasteiger charge is -2.11. The van der Waals surface area contributed by atoms with Crippen LogP contribution in [0.5, 0.6) is 0 Å². The molecule has 0 aliphatic carbocycles. The van der Waals surface area contributed by atoms with E-state index in [9.17, 15) is 9.59 Å². The van der Waals surface area contributed by atoms with Crippen LogP contribution in [0.25, 0.3) is 5.69 Å². The van der Waals surface area contributed by atoms with Gasteiger partial charge in [0.05, 0.1) is 12.8 Å². The van der Waals surface area contributed by atoms with E-state index < -0.39 is 11.4 Å². The van der Waals surface area contributed by atoms with Gasteiger partial charge >= 0.3 is 5.97 Å². The van der Waals surface area contributed by atoms with Crippen molar-refractivity contribution in [3.8, 4) is 5.69 Å². The summed E-state index contributed by atoms with van der Waals surface area (Å²) in [5.41, 5.74) is 0.641. The molecule has 0 N–H and O–H groups in total. The Morgan fingerprint density at radius 2 is 2.05 bits per heavy atom. The number of nitrogens with zero attached hydrogens (tertiary/aromatic N) is 2. The van der Waals surface area contributed by atoms with Gasteiger partial charge in [0.25, 0.3) is 0 Å². The van der Waals surface area contributed by atoms with E-state index in [0.717, 1.165) is 10.6 Å². The Labute approximate surface area is 120 Å². The van der Waals surface area contributed by atoms with E-state index in [1.807, 2.05) is 30.5 Å². The highest BCUT2D eigenvalue weighted by Crippen LogP contribution is 2.22. The number of aryl methyl sites for hydroxylation is 1. The van der Waals surface area contributed by atoms with Gasteiger partial charge in [-0.3, -0.25) is 4.79 Å². The van der Waals surface area contributed by atoms with Crippen LogP contribution in [0.15, 0.2) is 40.2 Å². The Morgan fingerprint density at radius 1 is 1.35 bits per heavy atom. The summed E-state index contributed by atoms with van der Waals surface area (Å²) in [6.45, 7) is 1.65. The van der Waals surface area contributed by atoms with Crippen LogP contribution in [-0.4, -0.2) is 29.1 Å². The van der Waals surface area contributed by atoms with Gasteiger partial charge in [0.15, 0.2) is 0 Å². The molecular weight excluding hydrogens is 276 g/mol. The van der Waals surface area contributed by atoms with Crippen LogP contribution in [0.4, 0.5) is 0 Å². The molecule has 2 rings (SSSR count). The minimum Gasteiger partial charge on any atom is -0.464 e. The molecule has 1 heterocycles. The minimum atomic E-state index is -0.728. The number of hydrogen-bond acceptors (Lipinski definition) is 5. The number of ether oxygens (including phenoxy) is 1. The number of carbonyl (C=O) groups excluding carboxylic acids is 1. The van der Waals surface area contributed by atoms with Crippen molar-refractivity contribution in [3.05, 3.63) is 51.9 Å². The number of aromatic nitrogens is 2. The van der Waals surface area contributed by atoms with Crippen molar-refractivity contribution >= 4 is 17.7 Å². The first kappa shape index (κ1) is 14.3. The molecule has 5 nitrogen and oxygen atoms in total. The lowest BCUT2D eigenvalue weighted by molar-refractivity contribution is 0.0590. The lowest BCUT2D eigenvalue weighted by atomic mass is 10.2. The number of esters is 1. The highest BCUT2D eigenvalue weighted by Gasteiger charge is 2.16. The van der Waals surface area contributed by atoms with Gasteiger partial charge in [-0.15, -0.1) is 11.8 Å². The molecule has 20 heavy (non-hydrogen) atoms. The maximum absolute atomic E-state index is 11.9. The third kappa shape index (κ3) is 2.60. The van der Waals surface area contributed by atoms with Crippen molar-refractivity contribution in [2.75, 3.05) is 13.4 Å². The summed E-state index contributed by atoms with van der Waals surface area (Å²) >= 11 is 1.57. The van der Waals surface area contributed by atoms with E-state index in [-0.39, 0.29) is 5.69 Å². The summed E-state index contributed by atoms with van der Waals surface area (Å²) in [5, 5.41) is 4.10. The third-order valence-corrected chi connectivity index (χ3v) is 3.59. The summed E-state index contributed by atoms with van der Waals surface area (Å²) in [5.74, 6) is -0.728. The number of methoxy groups -OCH3 is 1. The van der Waals surface area contributed by atoms with Gasteiger partial charge in [-0.05, 0) is 25.3 Å². The largest absolute Gasteiger partial charge is 0.464 e. The van der Waals surface area contributed by atoms with Crippen LogP contribution in [0.3, 0.4) is 0 Å². The molecule has 1 aromatic heterocycles. The summed E-state index contributed by atoms with van der Waals surface area (Å²) in [6, 6.07) is 7.63. The predicted molar refractivity (Wildman–Crippen MR) is 77.7 cm³/mol. The first-order chi connectivity index (χ1) is 9.58. The van der Waals surface area contributed by atoms with E-state index in [2.05, 4.69) is 9.84 Å². The second-order valence-electron chi connectivity index (χ2n) is 4.10. The number of rotatable bonds is 3.